The van der Waals surface area contributed by atoms with E-state index in [1.54, 1.807) is 6.07 Å². The van der Waals surface area contributed by atoms with Gasteiger partial charge in [0.1, 0.15) is 0 Å². The number of fused-ring (bicyclic) bond motifs is 3. The summed E-state index contributed by atoms with van der Waals surface area (Å²) in [7, 11) is 0. The number of nitrogens with zero attached hydrogens (tertiary/aromatic N) is 1. The first-order valence-corrected chi connectivity index (χ1v) is 11.2. The number of anilines is 2. The van der Waals surface area contributed by atoms with Gasteiger partial charge in [-0.05, 0) is 73.7 Å². The first-order valence-electron chi connectivity index (χ1n) is 11.2. The van der Waals surface area contributed by atoms with E-state index in [4.69, 9.17) is 9.47 Å². The molecular formula is C25H27N3O4. The molecule has 32 heavy (non-hydrogen) atoms. The molecule has 0 saturated carbocycles. The second-order valence-electron chi connectivity index (χ2n) is 8.32. The third-order valence-electron chi connectivity index (χ3n) is 6.20. The fourth-order valence-electron chi connectivity index (χ4n) is 4.52. The van der Waals surface area contributed by atoms with Crippen LogP contribution in [0.15, 0.2) is 42.5 Å². The topological polar surface area (TPSA) is 83.7 Å². The van der Waals surface area contributed by atoms with Crippen LogP contribution in [-0.4, -0.2) is 49.8 Å². The summed E-state index contributed by atoms with van der Waals surface area (Å²) in [6, 6.07) is 13.2. The van der Waals surface area contributed by atoms with Crippen molar-refractivity contribution in [3.8, 4) is 0 Å². The Balaban J connectivity index is 1.17. The number of morpholine rings is 1. The molecule has 2 N–H and O–H groups in total. The molecule has 0 unspecified atom stereocenters. The van der Waals surface area contributed by atoms with Crippen molar-refractivity contribution in [3.63, 3.8) is 0 Å². The number of H-pyrrole nitrogens is 1. The van der Waals surface area contributed by atoms with Gasteiger partial charge in [-0.25, -0.2) is 4.79 Å². The molecule has 2 heterocycles. The van der Waals surface area contributed by atoms with Crippen LogP contribution in [0.4, 0.5) is 11.4 Å². The average molecular weight is 434 g/mol. The van der Waals surface area contributed by atoms with Gasteiger partial charge in [0.15, 0.2) is 6.61 Å². The van der Waals surface area contributed by atoms with Gasteiger partial charge in [0, 0.05) is 41.1 Å². The Labute approximate surface area is 186 Å². The van der Waals surface area contributed by atoms with Crippen LogP contribution in [0, 0.1) is 0 Å². The molecule has 0 bridgehead atoms. The van der Waals surface area contributed by atoms with E-state index in [-0.39, 0.29) is 12.5 Å². The number of ether oxygens (including phenoxy) is 2. The Morgan fingerprint density at radius 2 is 1.81 bits per heavy atom. The quantitative estimate of drug-likeness (QED) is 0.600. The minimum atomic E-state index is -0.490. The lowest BCUT2D eigenvalue weighted by molar-refractivity contribution is -0.119. The lowest BCUT2D eigenvalue weighted by Gasteiger charge is -2.28. The number of benzene rings is 2. The summed E-state index contributed by atoms with van der Waals surface area (Å²) in [6.07, 6.45) is 4.44. The Morgan fingerprint density at radius 1 is 1.03 bits per heavy atom. The van der Waals surface area contributed by atoms with E-state index in [0.717, 1.165) is 55.7 Å². The van der Waals surface area contributed by atoms with Crippen molar-refractivity contribution in [1.82, 2.24) is 4.98 Å². The van der Waals surface area contributed by atoms with Crippen molar-refractivity contribution in [1.29, 1.82) is 0 Å². The van der Waals surface area contributed by atoms with Crippen LogP contribution in [0.2, 0.25) is 0 Å². The molecule has 5 rings (SSSR count). The fourth-order valence-corrected chi connectivity index (χ4v) is 4.52. The van der Waals surface area contributed by atoms with Crippen LogP contribution in [0.25, 0.3) is 10.9 Å². The van der Waals surface area contributed by atoms with E-state index in [1.165, 1.54) is 24.1 Å². The van der Waals surface area contributed by atoms with Crippen LogP contribution in [0.5, 0.6) is 0 Å². The molecular weight excluding hydrogens is 406 g/mol. The smallest absolute Gasteiger partial charge is 0.338 e. The van der Waals surface area contributed by atoms with Gasteiger partial charge in [-0.3, -0.25) is 4.79 Å². The summed E-state index contributed by atoms with van der Waals surface area (Å²) in [4.78, 5) is 30.5. The molecule has 1 saturated heterocycles. The third kappa shape index (κ3) is 4.34. The van der Waals surface area contributed by atoms with Gasteiger partial charge in [-0.2, -0.15) is 0 Å². The minimum Gasteiger partial charge on any atom is -0.452 e. The number of aryl methyl sites for hydroxylation is 2. The number of aromatic nitrogens is 1. The van der Waals surface area contributed by atoms with Gasteiger partial charge < -0.3 is 24.7 Å². The molecule has 1 amide bonds. The van der Waals surface area contributed by atoms with Crippen molar-refractivity contribution < 1.29 is 19.1 Å². The highest BCUT2D eigenvalue weighted by atomic mass is 16.5. The Bertz CT molecular complexity index is 1130. The van der Waals surface area contributed by atoms with E-state index in [9.17, 15) is 9.59 Å². The summed E-state index contributed by atoms with van der Waals surface area (Å²) in [5, 5.41) is 3.86. The number of hydrogen-bond acceptors (Lipinski definition) is 5. The van der Waals surface area contributed by atoms with Gasteiger partial charge in [0.25, 0.3) is 5.91 Å². The van der Waals surface area contributed by atoms with Crippen LogP contribution in [-0.2, 0) is 27.1 Å². The maximum atomic E-state index is 12.5. The van der Waals surface area contributed by atoms with E-state index >= 15 is 0 Å². The molecule has 1 aliphatic carbocycles. The molecule has 0 radical (unpaired) electrons. The highest BCUT2D eigenvalue weighted by molar-refractivity contribution is 5.98. The number of carbonyl (C=O) groups excluding carboxylic acids is 2. The average Bonchev–Trinajstić information content (AvgIpc) is 3.21. The molecule has 7 nitrogen and oxygen atoms in total. The highest BCUT2D eigenvalue weighted by Crippen LogP contribution is 2.29. The van der Waals surface area contributed by atoms with Gasteiger partial charge in [0.2, 0.25) is 0 Å². The SMILES string of the molecule is O=C(COC(=O)c1ccc2[nH]c3c(c2c1)CCCC3)Nc1ccc(N2CCOCC2)cc1. The number of aromatic amines is 1. The summed E-state index contributed by atoms with van der Waals surface area (Å²) in [5.41, 5.74) is 5.86. The summed E-state index contributed by atoms with van der Waals surface area (Å²) in [6.45, 7) is 2.85. The Hall–Kier alpha value is -3.32. The van der Waals surface area contributed by atoms with Crippen LogP contribution in [0.3, 0.4) is 0 Å². The Morgan fingerprint density at radius 3 is 2.62 bits per heavy atom. The molecule has 3 aromatic rings. The second kappa shape index (κ2) is 9.04. The molecule has 2 aromatic carbocycles. The molecule has 2 aliphatic rings. The van der Waals surface area contributed by atoms with E-state index < -0.39 is 5.97 Å². The highest BCUT2D eigenvalue weighted by Gasteiger charge is 2.18. The van der Waals surface area contributed by atoms with Crippen LogP contribution in [0.1, 0.15) is 34.5 Å². The van der Waals surface area contributed by atoms with Crippen molar-refractivity contribution in [2.24, 2.45) is 0 Å². The number of hydrogen-bond donors (Lipinski definition) is 2. The fraction of sp³-hybridized carbons (Fsp3) is 0.360. The van der Waals surface area contributed by atoms with Crippen LogP contribution < -0.4 is 10.2 Å². The van der Waals surface area contributed by atoms with Crippen molar-refractivity contribution in [2.45, 2.75) is 25.7 Å². The van der Waals surface area contributed by atoms with Crippen LogP contribution >= 0.6 is 0 Å². The van der Waals surface area contributed by atoms with E-state index in [1.807, 2.05) is 36.4 Å². The number of amides is 1. The summed E-state index contributed by atoms with van der Waals surface area (Å²) >= 11 is 0. The van der Waals surface area contributed by atoms with E-state index in [0.29, 0.717) is 11.3 Å². The molecule has 1 aliphatic heterocycles. The number of esters is 1. The zero-order valence-corrected chi connectivity index (χ0v) is 18.0. The third-order valence-corrected chi connectivity index (χ3v) is 6.20. The lowest BCUT2D eigenvalue weighted by atomic mass is 9.95. The summed E-state index contributed by atoms with van der Waals surface area (Å²) < 4.78 is 10.6. The largest absolute Gasteiger partial charge is 0.452 e. The minimum absolute atomic E-state index is 0.326. The molecule has 0 spiro atoms. The predicted molar refractivity (Wildman–Crippen MR) is 123 cm³/mol. The molecule has 0 atom stereocenters. The van der Waals surface area contributed by atoms with Gasteiger partial charge in [0.05, 0.1) is 18.8 Å². The molecule has 7 heteroatoms. The first kappa shape index (κ1) is 20.6. The number of nitrogens with one attached hydrogen (secondary N) is 2. The number of rotatable bonds is 5. The zero-order chi connectivity index (χ0) is 21.9. The van der Waals surface area contributed by atoms with Gasteiger partial charge in [-0.1, -0.05) is 0 Å². The molecule has 1 aromatic heterocycles. The summed E-state index contributed by atoms with van der Waals surface area (Å²) in [5.74, 6) is -0.854. The second-order valence-corrected chi connectivity index (χ2v) is 8.32. The maximum Gasteiger partial charge on any atom is 0.338 e. The van der Waals surface area contributed by atoms with Crippen molar-refractivity contribution in [2.75, 3.05) is 43.1 Å². The zero-order valence-electron chi connectivity index (χ0n) is 18.0. The molecule has 166 valence electrons. The van der Waals surface area contributed by atoms with Gasteiger partial charge >= 0.3 is 5.97 Å². The lowest BCUT2D eigenvalue weighted by Crippen LogP contribution is -2.36. The maximum absolute atomic E-state index is 12.5. The van der Waals surface area contributed by atoms with Gasteiger partial charge in [-0.15, -0.1) is 0 Å². The molecule has 1 fully saturated rings. The van der Waals surface area contributed by atoms with Crippen molar-refractivity contribution >= 4 is 34.2 Å². The first-order chi connectivity index (χ1) is 15.7. The monoisotopic (exact) mass is 433 g/mol. The Kier molecular flexibility index (Phi) is 5.81. The normalized spacial score (nSPS) is 15.9. The number of carbonyl (C=O) groups is 2. The van der Waals surface area contributed by atoms with E-state index in [2.05, 4.69) is 15.2 Å². The van der Waals surface area contributed by atoms with Crippen molar-refractivity contribution in [3.05, 3.63) is 59.3 Å². The predicted octanol–water partition coefficient (Wildman–Crippen LogP) is 3.68. The standard InChI is InChI=1S/C25H27N3O4/c29-24(26-18-6-8-19(9-7-18)28-11-13-31-14-12-28)16-32-25(30)17-5-10-23-21(15-17)20-3-1-2-4-22(20)27-23/h5-10,15,27H,1-4,11-14,16H2,(H,26,29).